The van der Waals surface area contributed by atoms with Crippen LogP contribution in [0.4, 0.5) is 5.69 Å². The summed E-state index contributed by atoms with van der Waals surface area (Å²) >= 11 is 0. The molecule has 0 heterocycles. The van der Waals surface area contributed by atoms with Gasteiger partial charge in [0, 0.05) is 12.7 Å². The Balaban J connectivity index is 2.05. The molecule has 3 rings (SSSR count). The molecule has 0 aliphatic rings. The van der Waals surface area contributed by atoms with Gasteiger partial charge in [-0.05, 0) is 48.2 Å². The molecule has 5 heteroatoms. The van der Waals surface area contributed by atoms with Gasteiger partial charge in [0.15, 0.2) is 0 Å². The van der Waals surface area contributed by atoms with Crippen LogP contribution in [0.15, 0.2) is 78.9 Å². The molecule has 1 N–H and O–H groups in total. The third-order valence-corrected chi connectivity index (χ3v) is 7.25. The zero-order valence-corrected chi connectivity index (χ0v) is 18.1. The van der Waals surface area contributed by atoms with Gasteiger partial charge in [-0.15, -0.1) is 0 Å². The first-order chi connectivity index (χ1) is 14.1. The van der Waals surface area contributed by atoms with Crippen LogP contribution in [0.25, 0.3) is 11.1 Å². The van der Waals surface area contributed by atoms with Crippen molar-refractivity contribution in [2.24, 2.45) is 0 Å². The Morgan fingerprint density at radius 1 is 0.759 bits per heavy atom. The van der Waals surface area contributed by atoms with Gasteiger partial charge in [0.25, 0.3) is 0 Å². The Hall–Kier alpha value is -2.39. The highest BCUT2D eigenvalue weighted by molar-refractivity contribution is 7.54. The second kappa shape index (κ2) is 9.89. The number of hydrogen-bond acceptors (Lipinski definition) is 4. The molecular weight excluding hydrogens is 381 g/mol. The van der Waals surface area contributed by atoms with Crippen LogP contribution in [0.5, 0.6) is 0 Å². The average Bonchev–Trinajstić information content (AvgIpc) is 2.76. The van der Waals surface area contributed by atoms with E-state index in [9.17, 15) is 4.57 Å². The smallest absolute Gasteiger partial charge is 0.342 e. The molecule has 0 fully saturated rings. The molecule has 152 valence electrons. The molecule has 0 saturated heterocycles. The summed E-state index contributed by atoms with van der Waals surface area (Å²) in [5.74, 6) is 0. The van der Waals surface area contributed by atoms with Crippen LogP contribution >= 0.6 is 7.60 Å². The first-order valence-corrected chi connectivity index (χ1v) is 11.5. The van der Waals surface area contributed by atoms with Crippen LogP contribution in [0.1, 0.15) is 30.6 Å². The number of hydrogen-bond donors (Lipinski definition) is 1. The van der Waals surface area contributed by atoms with Crippen molar-refractivity contribution in [3.8, 4) is 11.1 Å². The van der Waals surface area contributed by atoms with E-state index in [-0.39, 0.29) is 0 Å². The second-order valence-corrected chi connectivity index (χ2v) is 8.75. The summed E-state index contributed by atoms with van der Waals surface area (Å²) in [6.45, 7) is 4.33. The number of rotatable bonds is 9. The highest BCUT2D eigenvalue weighted by Crippen LogP contribution is 2.63. The van der Waals surface area contributed by atoms with E-state index in [1.165, 1.54) is 0 Å². The molecule has 0 aliphatic heterocycles. The lowest BCUT2D eigenvalue weighted by Gasteiger charge is -2.27. The largest absolute Gasteiger partial charge is 0.388 e. The van der Waals surface area contributed by atoms with E-state index in [0.29, 0.717) is 13.2 Å². The molecule has 3 aromatic carbocycles. The van der Waals surface area contributed by atoms with E-state index in [4.69, 9.17) is 9.05 Å². The molecule has 0 aliphatic carbocycles. The number of benzene rings is 3. The molecular formula is C24H28NO3P. The second-order valence-electron chi connectivity index (χ2n) is 6.64. The molecule has 0 aromatic heterocycles. The van der Waals surface area contributed by atoms with Crippen LogP contribution in [-0.2, 0) is 13.6 Å². The lowest BCUT2D eigenvalue weighted by Crippen LogP contribution is -2.08. The van der Waals surface area contributed by atoms with Crippen molar-refractivity contribution < 1.29 is 13.6 Å². The lowest BCUT2D eigenvalue weighted by atomic mass is 10.00. The summed E-state index contributed by atoms with van der Waals surface area (Å²) in [5.41, 5.74) is 4.58. The third kappa shape index (κ3) is 4.97. The lowest BCUT2D eigenvalue weighted by molar-refractivity contribution is 0.215. The minimum Gasteiger partial charge on any atom is -0.388 e. The van der Waals surface area contributed by atoms with E-state index in [0.717, 1.165) is 27.9 Å². The summed E-state index contributed by atoms with van der Waals surface area (Å²) < 4.78 is 25.2. The maximum Gasteiger partial charge on any atom is 0.342 e. The Morgan fingerprint density at radius 3 is 1.72 bits per heavy atom. The van der Waals surface area contributed by atoms with Crippen LogP contribution in [0, 0.1) is 0 Å². The van der Waals surface area contributed by atoms with Crippen LogP contribution < -0.4 is 5.32 Å². The molecule has 1 atom stereocenters. The van der Waals surface area contributed by atoms with Gasteiger partial charge in [-0.1, -0.05) is 66.7 Å². The standard InChI is InChI=1S/C24H28NO3P/c1-4-27-29(26,28-5-2)24(22-15-17-23(25-3)18-16-22)21-13-11-20(12-14-21)19-9-7-6-8-10-19/h6-18,24-25H,4-5H2,1-3H3. The maximum atomic E-state index is 13.8. The minimum absolute atomic E-state index is 0.324. The highest BCUT2D eigenvalue weighted by Gasteiger charge is 2.38. The van der Waals surface area contributed by atoms with E-state index in [1.807, 2.05) is 75.5 Å². The highest BCUT2D eigenvalue weighted by atomic mass is 31.2. The predicted molar refractivity (Wildman–Crippen MR) is 121 cm³/mol. The summed E-state index contributed by atoms with van der Waals surface area (Å²) in [4.78, 5) is 0. The summed E-state index contributed by atoms with van der Waals surface area (Å²) in [5, 5.41) is 3.12. The molecule has 0 spiro atoms. The van der Waals surface area contributed by atoms with Crippen molar-refractivity contribution in [3.05, 3.63) is 90.0 Å². The molecule has 3 aromatic rings. The summed E-state index contributed by atoms with van der Waals surface area (Å²) in [6.07, 6.45) is 0. The quantitative estimate of drug-likeness (QED) is 0.397. The fraction of sp³-hybridized carbons (Fsp3) is 0.250. The molecule has 4 nitrogen and oxygen atoms in total. The maximum absolute atomic E-state index is 13.8. The Morgan fingerprint density at radius 2 is 1.24 bits per heavy atom. The van der Waals surface area contributed by atoms with Crippen molar-refractivity contribution >= 4 is 13.3 Å². The van der Waals surface area contributed by atoms with Crippen LogP contribution in [-0.4, -0.2) is 20.3 Å². The molecule has 0 bridgehead atoms. The van der Waals surface area contributed by atoms with Gasteiger partial charge >= 0.3 is 7.60 Å². The van der Waals surface area contributed by atoms with Gasteiger partial charge in [0.2, 0.25) is 0 Å². The molecule has 0 radical (unpaired) electrons. The van der Waals surface area contributed by atoms with Crippen LogP contribution in [0.3, 0.4) is 0 Å². The predicted octanol–water partition coefficient (Wildman–Crippen LogP) is 6.75. The monoisotopic (exact) mass is 409 g/mol. The van der Waals surface area contributed by atoms with Crippen LogP contribution in [0.2, 0.25) is 0 Å². The van der Waals surface area contributed by atoms with Gasteiger partial charge in [-0.3, -0.25) is 4.57 Å². The van der Waals surface area contributed by atoms with Gasteiger partial charge in [-0.2, -0.15) is 0 Å². The van der Waals surface area contributed by atoms with Gasteiger partial charge < -0.3 is 14.4 Å². The van der Waals surface area contributed by atoms with E-state index < -0.39 is 13.3 Å². The third-order valence-electron chi connectivity index (χ3n) is 4.78. The fourth-order valence-corrected chi connectivity index (χ4v) is 5.59. The van der Waals surface area contributed by atoms with E-state index in [1.54, 1.807) is 0 Å². The first kappa shape index (κ1) is 21.3. The van der Waals surface area contributed by atoms with Crippen molar-refractivity contribution in [2.45, 2.75) is 19.5 Å². The molecule has 0 amide bonds. The van der Waals surface area contributed by atoms with Crippen molar-refractivity contribution in [1.82, 2.24) is 0 Å². The number of anilines is 1. The van der Waals surface area contributed by atoms with Crippen molar-refractivity contribution in [2.75, 3.05) is 25.6 Å². The summed E-state index contributed by atoms with van der Waals surface area (Å²) in [6, 6.07) is 26.3. The minimum atomic E-state index is -3.40. The molecule has 0 saturated carbocycles. The van der Waals surface area contributed by atoms with Crippen molar-refractivity contribution in [1.29, 1.82) is 0 Å². The van der Waals surface area contributed by atoms with Gasteiger partial charge in [0.1, 0.15) is 5.66 Å². The zero-order valence-electron chi connectivity index (χ0n) is 17.2. The zero-order chi connectivity index (χ0) is 20.7. The van der Waals surface area contributed by atoms with Gasteiger partial charge in [-0.25, -0.2) is 0 Å². The van der Waals surface area contributed by atoms with Crippen molar-refractivity contribution in [3.63, 3.8) is 0 Å². The molecule has 1 unspecified atom stereocenters. The van der Waals surface area contributed by atoms with E-state index in [2.05, 4.69) is 29.6 Å². The first-order valence-electron chi connectivity index (χ1n) is 9.93. The Bertz CT molecular complexity index is 930. The topological polar surface area (TPSA) is 47.6 Å². The summed E-state index contributed by atoms with van der Waals surface area (Å²) in [7, 11) is -1.53. The SMILES string of the molecule is CCOP(=O)(OCC)C(c1ccc(NC)cc1)c1ccc(-c2ccccc2)cc1. The normalized spacial score (nSPS) is 12.5. The van der Waals surface area contributed by atoms with E-state index >= 15 is 0 Å². The fourth-order valence-electron chi connectivity index (χ4n) is 3.42. The van der Waals surface area contributed by atoms with Gasteiger partial charge in [0.05, 0.1) is 13.2 Å². The Kier molecular flexibility index (Phi) is 7.27. The molecule has 29 heavy (non-hydrogen) atoms. The Labute approximate surface area is 173 Å². The number of nitrogens with one attached hydrogen (secondary N) is 1. The average molecular weight is 409 g/mol.